The van der Waals surface area contributed by atoms with Crippen LogP contribution in [0.4, 0.5) is 4.79 Å². The predicted octanol–water partition coefficient (Wildman–Crippen LogP) is 2.78. The molecule has 0 atom stereocenters. The topological polar surface area (TPSA) is 88.1 Å². The molecule has 0 saturated carbocycles. The molecule has 1 aromatic rings. The van der Waals surface area contributed by atoms with Crippen molar-refractivity contribution in [1.82, 2.24) is 0 Å². The van der Waals surface area contributed by atoms with Gasteiger partial charge < -0.3 is 18.9 Å². The van der Waals surface area contributed by atoms with E-state index < -0.39 is 24.5 Å². The van der Waals surface area contributed by atoms with Gasteiger partial charge in [-0.3, -0.25) is 9.59 Å². The van der Waals surface area contributed by atoms with E-state index in [9.17, 15) is 14.4 Å². The van der Waals surface area contributed by atoms with Gasteiger partial charge >= 0.3 is 18.1 Å². The standard InChI is InChI=1S/C18H22O7/c1-14(7-6-10-23-17(20)11-16(19)22-2)12-24-18(21)25-13-15-8-4-3-5-9-15/h3-5,7-9H,6,10-13H2,1-2H3/b14-7+. The summed E-state index contributed by atoms with van der Waals surface area (Å²) in [5, 5.41) is 0. The molecule has 0 aliphatic carbocycles. The van der Waals surface area contributed by atoms with Crippen LogP contribution in [0.3, 0.4) is 0 Å². The van der Waals surface area contributed by atoms with E-state index in [-0.39, 0.29) is 19.8 Å². The molecular formula is C18H22O7. The number of ether oxygens (including phenoxy) is 4. The Kier molecular flexibility index (Phi) is 9.43. The molecule has 7 heteroatoms. The van der Waals surface area contributed by atoms with E-state index in [0.29, 0.717) is 6.42 Å². The van der Waals surface area contributed by atoms with Crippen molar-refractivity contribution in [2.24, 2.45) is 0 Å². The van der Waals surface area contributed by atoms with Gasteiger partial charge in [-0.25, -0.2) is 4.79 Å². The van der Waals surface area contributed by atoms with Gasteiger partial charge in [0, 0.05) is 0 Å². The lowest BCUT2D eigenvalue weighted by molar-refractivity contribution is -0.152. The van der Waals surface area contributed by atoms with E-state index >= 15 is 0 Å². The SMILES string of the molecule is COC(=O)CC(=O)OCC/C=C(\C)COC(=O)OCc1ccccc1. The fraction of sp³-hybridized carbons (Fsp3) is 0.389. The normalized spacial score (nSPS) is 10.7. The van der Waals surface area contributed by atoms with Gasteiger partial charge in [0.2, 0.25) is 0 Å². The van der Waals surface area contributed by atoms with Crippen LogP contribution in [0.2, 0.25) is 0 Å². The van der Waals surface area contributed by atoms with Crippen molar-refractivity contribution in [3.63, 3.8) is 0 Å². The highest BCUT2D eigenvalue weighted by atomic mass is 16.7. The van der Waals surface area contributed by atoms with Gasteiger partial charge in [0.05, 0.1) is 13.7 Å². The summed E-state index contributed by atoms with van der Waals surface area (Å²) in [6.07, 6.45) is 1.06. The van der Waals surface area contributed by atoms with Gasteiger partial charge in [0.15, 0.2) is 0 Å². The molecule has 0 fully saturated rings. The van der Waals surface area contributed by atoms with Crippen molar-refractivity contribution in [2.45, 2.75) is 26.4 Å². The van der Waals surface area contributed by atoms with Crippen LogP contribution in [0.15, 0.2) is 42.0 Å². The van der Waals surface area contributed by atoms with Crippen LogP contribution in [-0.2, 0) is 35.1 Å². The Balaban J connectivity index is 2.15. The van der Waals surface area contributed by atoms with Gasteiger partial charge in [-0.2, -0.15) is 0 Å². The molecule has 0 heterocycles. The summed E-state index contributed by atoms with van der Waals surface area (Å²) in [5.41, 5.74) is 1.67. The third-order valence-electron chi connectivity index (χ3n) is 3.01. The molecule has 0 aromatic heterocycles. The largest absolute Gasteiger partial charge is 0.508 e. The molecule has 0 amide bonds. The van der Waals surface area contributed by atoms with Crippen LogP contribution in [0.5, 0.6) is 0 Å². The number of carbonyl (C=O) groups excluding carboxylic acids is 3. The van der Waals surface area contributed by atoms with Crippen LogP contribution >= 0.6 is 0 Å². The molecule has 0 aliphatic heterocycles. The van der Waals surface area contributed by atoms with Gasteiger partial charge in [0.25, 0.3) is 0 Å². The first-order valence-electron chi connectivity index (χ1n) is 7.72. The Hall–Kier alpha value is -2.83. The molecule has 0 N–H and O–H groups in total. The Bertz CT molecular complexity index is 593. The van der Waals surface area contributed by atoms with Gasteiger partial charge in [-0.1, -0.05) is 36.4 Å². The lowest BCUT2D eigenvalue weighted by atomic mass is 10.2. The second kappa shape index (κ2) is 11.7. The van der Waals surface area contributed by atoms with Crippen LogP contribution < -0.4 is 0 Å². The predicted molar refractivity (Wildman–Crippen MR) is 88.5 cm³/mol. The van der Waals surface area contributed by atoms with E-state index in [0.717, 1.165) is 11.1 Å². The van der Waals surface area contributed by atoms with Gasteiger partial charge in [0.1, 0.15) is 19.6 Å². The first kappa shape index (κ1) is 20.2. The highest BCUT2D eigenvalue weighted by Crippen LogP contribution is 2.03. The summed E-state index contributed by atoms with van der Waals surface area (Å²) in [7, 11) is 1.20. The molecule has 0 bridgehead atoms. The quantitative estimate of drug-likeness (QED) is 0.222. The van der Waals surface area contributed by atoms with Crippen molar-refractivity contribution < 1.29 is 33.3 Å². The molecule has 136 valence electrons. The third kappa shape index (κ3) is 9.80. The lowest BCUT2D eigenvalue weighted by Crippen LogP contribution is -2.13. The minimum absolute atomic E-state index is 0.0870. The molecule has 0 aliphatic rings. The molecule has 0 spiro atoms. The zero-order valence-corrected chi connectivity index (χ0v) is 14.4. The van der Waals surface area contributed by atoms with E-state index in [2.05, 4.69) is 4.74 Å². The molecule has 0 radical (unpaired) electrons. The fourth-order valence-corrected chi connectivity index (χ4v) is 1.71. The highest BCUT2D eigenvalue weighted by molar-refractivity contribution is 5.91. The number of hydrogen-bond donors (Lipinski definition) is 0. The van der Waals surface area contributed by atoms with Crippen molar-refractivity contribution >= 4 is 18.1 Å². The fourth-order valence-electron chi connectivity index (χ4n) is 1.71. The number of carbonyl (C=O) groups is 3. The third-order valence-corrected chi connectivity index (χ3v) is 3.01. The molecular weight excluding hydrogens is 328 g/mol. The maximum absolute atomic E-state index is 11.5. The summed E-state index contributed by atoms with van der Waals surface area (Å²) in [4.78, 5) is 33.6. The van der Waals surface area contributed by atoms with E-state index in [4.69, 9.17) is 14.2 Å². The van der Waals surface area contributed by atoms with E-state index in [1.807, 2.05) is 30.3 Å². The summed E-state index contributed by atoms with van der Waals surface area (Å²) >= 11 is 0. The lowest BCUT2D eigenvalue weighted by Gasteiger charge is -2.07. The second-order valence-corrected chi connectivity index (χ2v) is 5.13. The molecule has 0 saturated heterocycles. The zero-order chi connectivity index (χ0) is 18.5. The van der Waals surface area contributed by atoms with Crippen LogP contribution in [0.25, 0.3) is 0 Å². The Morgan fingerprint density at radius 1 is 1.00 bits per heavy atom. The van der Waals surface area contributed by atoms with Gasteiger partial charge in [-0.15, -0.1) is 0 Å². The van der Waals surface area contributed by atoms with Crippen LogP contribution in [-0.4, -0.2) is 38.4 Å². The van der Waals surface area contributed by atoms with E-state index in [1.165, 1.54) is 7.11 Å². The summed E-state index contributed by atoms with van der Waals surface area (Å²) in [6, 6.07) is 9.28. The summed E-state index contributed by atoms with van der Waals surface area (Å²) in [6.45, 7) is 2.15. The Morgan fingerprint density at radius 3 is 2.40 bits per heavy atom. The monoisotopic (exact) mass is 350 g/mol. The summed E-state index contributed by atoms with van der Waals surface area (Å²) in [5.74, 6) is -1.28. The van der Waals surface area contributed by atoms with Crippen molar-refractivity contribution in [1.29, 1.82) is 0 Å². The minimum Gasteiger partial charge on any atom is -0.469 e. The average molecular weight is 350 g/mol. The second-order valence-electron chi connectivity index (χ2n) is 5.13. The van der Waals surface area contributed by atoms with Crippen molar-refractivity contribution in [2.75, 3.05) is 20.3 Å². The molecule has 1 aromatic carbocycles. The zero-order valence-electron chi connectivity index (χ0n) is 14.4. The maximum Gasteiger partial charge on any atom is 0.508 e. The number of hydrogen-bond acceptors (Lipinski definition) is 7. The molecule has 7 nitrogen and oxygen atoms in total. The average Bonchev–Trinajstić information content (AvgIpc) is 2.62. The first-order chi connectivity index (χ1) is 12.0. The summed E-state index contributed by atoms with van der Waals surface area (Å²) < 4.78 is 19.2. The van der Waals surface area contributed by atoms with Crippen LogP contribution in [0, 0.1) is 0 Å². The van der Waals surface area contributed by atoms with Crippen molar-refractivity contribution in [3.05, 3.63) is 47.5 Å². The number of esters is 2. The van der Waals surface area contributed by atoms with Gasteiger partial charge in [-0.05, 0) is 24.5 Å². The number of rotatable bonds is 9. The first-order valence-corrected chi connectivity index (χ1v) is 7.72. The number of benzene rings is 1. The molecule has 25 heavy (non-hydrogen) atoms. The Labute approximate surface area is 146 Å². The Morgan fingerprint density at radius 2 is 1.72 bits per heavy atom. The highest BCUT2D eigenvalue weighted by Gasteiger charge is 2.10. The van der Waals surface area contributed by atoms with Crippen LogP contribution in [0.1, 0.15) is 25.3 Å². The maximum atomic E-state index is 11.5. The molecule has 1 rings (SSSR count). The molecule has 0 unspecified atom stereocenters. The minimum atomic E-state index is -0.749. The van der Waals surface area contributed by atoms with E-state index in [1.54, 1.807) is 13.0 Å². The van der Waals surface area contributed by atoms with Crippen molar-refractivity contribution in [3.8, 4) is 0 Å². The smallest absolute Gasteiger partial charge is 0.469 e. The number of methoxy groups -OCH3 is 1.